The molecule has 0 aromatic heterocycles. The van der Waals surface area contributed by atoms with Gasteiger partial charge in [0.15, 0.2) is 0 Å². The molecular formula is C15H23NO2S3. The van der Waals surface area contributed by atoms with Gasteiger partial charge in [-0.2, -0.15) is 23.5 Å². The Hall–Kier alpha value is -0.170. The van der Waals surface area contributed by atoms with Gasteiger partial charge in [0.1, 0.15) is 0 Å². The second-order valence-corrected chi connectivity index (χ2v) is 9.77. The summed E-state index contributed by atoms with van der Waals surface area (Å²) >= 11 is 3.77. The van der Waals surface area contributed by atoms with Crippen LogP contribution in [0, 0.1) is 27.7 Å². The third-order valence-electron chi connectivity index (χ3n) is 3.95. The Kier molecular flexibility index (Phi) is 5.68. The van der Waals surface area contributed by atoms with E-state index in [1.54, 1.807) is 0 Å². The molecule has 1 heterocycles. The first kappa shape index (κ1) is 17.2. The molecule has 1 fully saturated rings. The van der Waals surface area contributed by atoms with E-state index in [1.807, 2.05) is 51.2 Å². The number of nitrogens with one attached hydrogen (secondary N) is 1. The topological polar surface area (TPSA) is 46.2 Å². The van der Waals surface area contributed by atoms with E-state index < -0.39 is 10.0 Å². The number of aryl methyl sites for hydroxylation is 2. The van der Waals surface area contributed by atoms with Crippen LogP contribution < -0.4 is 4.72 Å². The average Bonchev–Trinajstić information content (AvgIpc) is 2.44. The maximum absolute atomic E-state index is 12.7. The van der Waals surface area contributed by atoms with E-state index in [0.29, 0.717) is 16.7 Å². The Balaban J connectivity index is 2.23. The minimum Gasteiger partial charge on any atom is -0.210 e. The van der Waals surface area contributed by atoms with Crippen molar-refractivity contribution in [2.24, 2.45) is 0 Å². The molecule has 0 radical (unpaired) electrons. The molecular weight excluding hydrogens is 322 g/mol. The minimum atomic E-state index is -3.44. The van der Waals surface area contributed by atoms with Crippen molar-refractivity contribution in [2.45, 2.75) is 37.8 Å². The molecule has 0 aliphatic carbocycles. The van der Waals surface area contributed by atoms with E-state index in [2.05, 4.69) is 10.8 Å². The van der Waals surface area contributed by atoms with Gasteiger partial charge in [0, 0.05) is 29.1 Å². The SMILES string of the molecule is Cc1cc(C)c(C)c(S(=O)(=O)NC[C@H]2CSCCS2)c1C. The summed E-state index contributed by atoms with van der Waals surface area (Å²) in [6, 6.07) is 2.05. The summed E-state index contributed by atoms with van der Waals surface area (Å²) in [4.78, 5) is 0.466. The largest absolute Gasteiger partial charge is 0.241 e. The van der Waals surface area contributed by atoms with E-state index in [0.717, 1.165) is 33.8 Å². The highest BCUT2D eigenvalue weighted by molar-refractivity contribution is 8.06. The quantitative estimate of drug-likeness (QED) is 0.911. The van der Waals surface area contributed by atoms with Crippen molar-refractivity contribution < 1.29 is 8.42 Å². The highest BCUT2D eigenvalue weighted by Gasteiger charge is 2.24. The monoisotopic (exact) mass is 345 g/mol. The number of sulfonamides is 1. The lowest BCUT2D eigenvalue weighted by atomic mass is 10.0. The summed E-state index contributed by atoms with van der Waals surface area (Å²) in [6.45, 7) is 8.23. The zero-order valence-electron chi connectivity index (χ0n) is 13.0. The van der Waals surface area contributed by atoms with Gasteiger partial charge in [-0.25, -0.2) is 13.1 Å². The van der Waals surface area contributed by atoms with Crippen molar-refractivity contribution in [1.29, 1.82) is 0 Å². The predicted octanol–water partition coefficient (Wildman–Crippen LogP) is 3.05. The lowest BCUT2D eigenvalue weighted by molar-refractivity contribution is 0.580. The minimum absolute atomic E-state index is 0.380. The van der Waals surface area contributed by atoms with Crippen LogP contribution in [0.15, 0.2) is 11.0 Å². The van der Waals surface area contributed by atoms with Crippen LogP contribution in [0.2, 0.25) is 0 Å². The van der Waals surface area contributed by atoms with E-state index in [-0.39, 0.29) is 0 Å². The van der Waals surface area contributed by atoms with Crippen LogP contribution in [0.3, 0.4) is 0 Å². The molecule has 0 unspecified atom stereocenters. The maximum atomic E-state index is 12.7. The van der Waals surface area contributed by atoms with E-state index in [1.165, 1.54) is 5.75 Å². The van der Waals surface area contributed by atoms with Gasteiger partial charge in [0.05, 0.1) is 4.90 Å². The molecule has 1 aliphatic heterocycles. The molecule has 3 nitrogen and oxygen atoms in total. The molecule has 1 aromatic carbocycles. The van der Waals surface area contributed by atoms with Crippen LogP contribution >= 0.6 is 23.5 Å². The number of hydrogen-bond acceptors (Lipinski definition) is 4. The van der Waals surface area contributed by atoms with Gasteiger partial charge in [-0.05, 0) is 49.9 Å². The Morgan fingerprint density at radius 1 is 1.14 bits per heavy atom. The van der Waals surface area contributed by atoms with Gasteiger partial charge in [-0.15, -0.1) is 0 Å². The van der Waals surface area contributed by atoms with Crippen LogP contribution in [-0.2, 0) is 10.0 Å². The molecule has 0 amide bonds. The first-order valence-corrected chi connectivity index (χ1v) is 10.8. The summed E-state index contributed by atoms with van der Waals surface area (Å²) in [5.41, 5.74) is 3.77. The third kappa shape index (κ3) is 3.97. The second kappa shape index (κ2) is 6.94. The number of hydrogen-bond donors (Lipinski definition) is 1. The first-order chi connectivity index (χ1) is 9.83. The maximum Gasteiger partial charge on any atom is 0.241 e. The summed E-state index contributed by atoms with van der Waals surface area (Å²) < 4.78 is 28.2. The summed E-state index contributed by atoms with van der Waals surface area (Å²) in [5.74, 6) is 3.31. The molecule has 0 spiro atoms. The molecule has 1 N–H and O–H groups in total. The first-order valence-electron chi connectivity index (χ1n) is 7.09. The summed E-state index contributed by atoms with van der Waals surface area (Å²) in [7, 11) is -3.44. The van der Waals surface area contributed by atoms with Crippen molar-refractivity contribution in [3.8, 4) is 0 Å². The van der Waals surface area contributed by atoms with Gasteiger partial charge >= 0.3 is 0 Å². The fourth-order valence-electron chi connectivity index (χ4n) is 2.51. The zero-order valence-corrected chi connectivity index (χ0v) is 15.5. The van der Waals surface area contributed by atoms with Gasteiger partial charge in [0.2, 0.25) is 10.0 Å². The molecule has 1 aliphatic rings. The van der Waals surface area contributed by atoms with Crippen LogP contribution in [0.5, 0.6) is 0 Å². The second-order valence-electron chi connectivity index (χ2n) is 5.51. The van der Waals surface area contributed by atoms with Gasteiger partial charge in [0.25, 0.3) is 0 Å². The standard InChI is InChI=1S/C15H23NO2S3/c1-10-7-11(2)13(4)15(12(10)3)21(17,18)16-8-14-9-19-5-6-20-14/h7,14,16H,5-6,8-9H2,1-4H3/t14-/m0/s1. The van der Waals surface area contributed by atoms with E-state index >= 15 is 0 Å². The van der Waals surface area contributed by atoms with Crippen LogP contribution in [0.25, 0.3) is 0 Å². The lowest BCUT2D eigenvalue weighted by Crippen LogP contribution is -2.34. The molecule has 2 rings (SSSR count). The van der Waals surface area contributed by atoms with E-state index in [4.69, 9.17) is 0 Å². The Labute approximate surface area is 136 Å². The Bertz CT molecular complexity index is 594. The van der Waals surface area contributed by atoms with Crippen molar-refractivity contribution in [3.63, 3.8) is 0 Å². The molecule has 0 saturated carbocycles. The fraction of sp³-hybridized carbons (Fsp3) is 0.600. The number of thioether (sulfide) groups is 2. The molecule has 1 atom stereocenters. The van der Waals surface area contributed by atoms with Crippen molar-refractivity contribution >= 4 is 33.5 Å². The highest BCUT2D eigenvalue weighted by Crippen LogP contribution is 2.27. The van der Waals surface area contributed by atoms with Gasteiger partial charge < -0.3 is 0 Å². The number of benzene rings is 1. The number of rotatable bonds is 4. The van der Waals surface area contributed by atoms with Gasteiger partial charge in [-0.3, -0.25) is 0 Å². The van der Waals surface area contributed by atoms with Crippen LogP contribution in [0.4, 0.5) is 0 Å². The van der Waals surface area contributed by atoms with Crippen molar-refractivity contribution in [1.82, 2.24) is 4.72 Å². The zero-order chi connectivity index (χ0) is 15.6. The molecule has 0 bridgehead atoms. The van der Waals surface area contributed by atoms with Crippen LogP contribution in [0.1, 0.15) is 22.3 Å². The highest BCUT2D eigenvalue weighted by atomic mass is 32.2. The molecule has 118 valence electrons. The molecule has 1 aromatic rings. The van der Waals surface area contributed by atoms with Gasteiger partial charge in [-0.1, -0.05) is 6.07 Å². The summed E-state index contributed by atoms with van der Waals surface area (Å²) in [6.07, 6.45) is 0. The van der Waals surface area contributed by atoms with Crippen molar-refractivity contribution in [3.05, 3.63) is 28.3 Å². The van der Waals surface area contributed by atoms with E-state index in [9.17, 15) is 8.42 Å². The van der Waals surface area contributed by atoms with Crippen molar-refractivity contribution in [2.75, 3.05) is 23.8 Å². The molecule has 6 heteroatoms. The van der Waals surface area contributed by atoms with Crippen LogP contribution in [-0.4, -0.2) is 37.5 Å². The Morgan fingerprint density at radius 3 is 2.29 bits per heavy atom. The lowest BCUT2D eigenvalue weighted by Gasteiger charge is -2.22. The molecule has 1 saturated heterocycles. The average molecular weight is 346 g/mol. The fourth-order valence-corrected chi connectivity index (χ4v) is 6.92. The summed E-state index contributed by atoms with van der Waals surface area (Å²) in [5, 5.41) is 0.380. The smallest absolute Gasteiger partial charge is 0.210 e. The Morgan fingerprint density at radius 2 is 1.76 bits per heavy atom. The molecule has 21 heavy (non-hydrogen) atoms. The predicted molar refractivity (Wildman–Crippen MR) is 94.1 cm³/mol. The third-order valence-corrected chi connectivity index (χ3v) is 8.49. The normalized spacial score (nSPS) is 19.7.